The van der Waals surface area contributed by atoms with Crippen LogP contribution in [0.2, 0.25) is 0 Å². The molecule has 3 N–H and O–H groups in total. The maximum absolute atomic E-state index is 12.0. The van der Waals surface area contributed by atoms with Gasteiger partial charge in [-0.05, 0) is 6.07 Å². The highest BCUT2D eigenvalue weighted by molar-refractivity contribution is 6.07. The van der Waals surface area contributed by atoms with Gasteiger partial charge >= 0.3 is 6.03 Å². The Labute approximate surface area is 93.5 Å². The molecule has 1 aromatic rings. The van der Waals surface area contributed by atoms with E-state index in [2.05, 4.69) is 5.32 Å². The smallest absolute Gasteiger partial charge is 0.390 e. The van der Waals surface area contributed by atoms with Crippen molar-refractivity contribution in [3.8, 4) is 0 Å². The Morgan fingerprint density at radius 2 is 1.75 bits per heavy atom. The van der Waals surface area contributed by atoms with E-state index in [1.807, 2.05) is 24.3 Å². The lowest BCUT2D eigenvalue weighted by Crippen LogP contribution is -2.55. The van der Waals surface area contributed by atoms with Gasteiger partial charge in [0.15, 0.2) is 5.69 Å². The summed E-state index contributed by atoms with van der Waals surface area (Å²) in [4.78, 5) is 12.0. The first-order valence-electron chi connectivity index (χ1n) is 5.24. The summed E-state index contributed by atoms with van der Waals surface area (Å²) < 4.78 is -0.0246. The van der Waals surface area contributed by atoms with Crippen molar-refractivity contribution in [3.05, 3.63) is 24.3 Å². The average Bonchev–Trinajstić information content (AvgIpc) is 2.54. The second kappa shape index (κ2) is 4.21. The molecule has 1 aromatic carbocycles. The number of nitrogens with zero attached hydrogens (tertiary/aromatic N) is 1. The molecule has 0 radical (unpaired) electrons. The summed E-state index contributed by atoms with van der Waals surface area (Å²) in [6.45, 7) is 0.371. The number of aliphatic hydroxyl groups is 2. The Hall–Kier alpha value is -1.43. The number of hydrogen-bond acceptors (Lipinski definition) is 3. The van der Waals surface area contributed by atoms with E-state index in [0.717, 1.165) is 11.4 Å². The molecule has 86 valence electrons. The molecule has 2 amide bonds. The third-order valence-electron chi connectivity index (χ3n) is 2.96. The van der Waals surface area contributed by atoms with Gasteiger partial charge in [-0.1, -0.05) is 12.1 Å². The van der Waals surface area contributed by atoms with Crippen molar-refractivity contribution in [2.45, 2.75) is 0 Å². The third-order valence-corrected chi connectivity index (χ3v) is 2.96. The number of amides is 2. The summed E-state index contributed by atoms with van der Waals surface area (Å²) in [7, 11) is 0. The quantitative estimate of drug-likeness (QED) is 0.652. The minimum absolute atomic E-state index is 0.0246. The van der Waals surface area contributed by atoms with Crippen molar-refractivity contribution in [2.75, 3.05) is 31.6 Å². The zero-order valence-electron chi connectivity index (χ0n) is 8.89. The molecule has 0 unspecified atom stereocenters. The van der Waals surface area contributed by atoms with Crippen LogP contribution < -0.4 is 9.80 Å². The van der Waals surface area contributed by atoms with Crippen molar-refractivity contribution in [1.29, 1.82) is 0 Å². The molecule has 16 heavy (non-hydrogen) atoms. The predicted octanol–water partition coefficient (Wildman–Crippen LogP) is 0.524. The van der Waals surface area contributed by atoms with Crippen molar-refractivity contribution in [3.63, 3.8) is 0 Å². The van der Waals surface area contributed by atoms with E-state index in [1.165, 1.54) is 0 Å². The highest BCUT2D eigenvalue weighted by atomic mass is 16.3. The topological polar surface area (TPSA) is 69.6 Å². The van der Waals surface area contributed by atoms with E-state index in [4.69, 9.17) is 10.2 Å². The second-order valence-corrected chi connectivity index (χ2v) is 3.81. The summed E-state index contributed by atoms with van der Waals surface area (Å²) in [5, 5.41) is 20.9. The van der Waals surface area contributed by atoms with Gasteiger partial charge in [-0.15, -0.1) is 0 Å². The first kappa shape index (κ1) is 11.1. The van der Waals surface area contributed by atoms with Gasteiger partial charge in [0.1, 0.15) is 18.8 Å². The first-order chi connectivity index (χ1) is 7.74. The second-order valence-electron chi connectivity index (χ2n) is 3.81. The minimum atomic E-state index is -0.190. The van der Waals surface area contributed by atoms with Crippen LogP contribution in [0.4, 0.5) is 16.2 Å². The van der Waals surface area contributed by atoms with Crippen LogP contribution in [-0.2, 0) is 0 Å². The molecule has 0 saturated carbocycles. The molecule has 5 heteroatoms. The summed E-state index contributed by atoms with van der Waals surface area (Å²) in [6, 6.07) is 7.17. The Morgan fingerprint density at radius 3 is 2.38 bits per heavy atom. The standard InChI is InChI=1S/C11H14N2O3/c14-7-5-13(6-8-15)10-4-2-1-3-9(10)12-11(13)16/h1-4,14-15H,5-8H2/p+1. The lowest BCUT2D eigenvalue weighted by molar-refractivity contribution is 0.172. The van der Waals surface area contributed by atoms with E-state index in [9.17, 15) is 4.79 Å². The number of anilines is 1. The molecule has 0 atom stereocenters. The van der Waals surface area contributed by atoms with Crippen LogP contribution in [-0.4, -0.2) is 42.5 Å². The number of para-hydroxylation sites is 2. The van der Waals surface area contributed by atoms with Gasteiger partial charge in [-0.2, -0.15) is 0 Å². The molecule has 0 fully saturated rings. The van der Waals surface area contributed by atoms with Crippen molar-refractivity contribution in [1.82, 2.24) is 4.48 Å². The number of carbonyl (C=O) groups is 1. The van der Waals surface area contributed by atoms with Gasteiger partial charge in [-0.3, -0.25) is 5.32 Å². The number of rotatable bonds is 4. The van der Waals surface area contributed by atoms with Crippen LogP contribution in [0, 0.1) is 0 Å². The maximum atomic E-state index is 12.0. The molecular weight excluding hydrogens is 208 g/mol. The van der Waals surface area contributed by atoms with Crippen LogP contribution >= 0.6 is 0 Å². The fourth-order valence-electron chi connectivity index (χ4n) is 2.18. The van der Waals surface area contributed by atoms with Crippen LogP contribution in [0.1, 0.15) is 0 Å². The van der Waals surface area contributed by atoms with Crippen molar-refractivity contribution < 1.29 is 15.0 Å². The van der Waals surface area contributed by atoms with Crippen LogP contribution in [0.25, 0.3) is 0 Å². The number of quaternary nitrogens is 1. The molecule has 5 nitrogen and oxygen atoms in total. The first-order valence-corrected chi connectivity index (χ1v) is 5.24. The highest BCUT2D eigenvalue weighted by Gasteiger charge is 2.46. The van der Waals surface area contributed by atoms with Gasteiger partial charge in [0, 0.05) is 6.07 Å². The average molecular weight is 223 g/mol. The van der Waals surface area contributed by atoms with E-state index >= 15 is 0 Å². The Bertz CT molecular complexity index is 400. The van der Waals surface area contributed by atoms with Gasteiger partial charge in [0.2, 0.25) is 0 Å². The Morgan fingerprint density at radius 1 is 1.12 bits per heavy atom. The molecule has 1 aliphatic rings. The number of nitrogens with one attached hydrogen (secondary N) is 1. The van der Waals surface area contributed by atoms with E-state index < -0.39 is 0 Å². The Balaban J connectivity index is 2.47. The van der Waals surface area contributed by atoms with Gasteiger partial charge in [0.05, 0.1) is 13.2 Å². The summed E-state index contributed by atoms with van der Waals surface area (Å²) in [5.41, 5.74) is 1.57. The molecule has 0 spiro atoms. The van der Waals surface area contributed by atoms with E-state index in [1.54, 1.807) is 0 Å². The van der Waals surface area contributed by atoms with Crippen LogP contribution in [0.3, 0.4) is 0 Å². The van der Waals surface area contributed by atoms with Crippen molar-refractivity contribution >= 4 is 17.4 Å². The lowest BCUT2D eigenvalue weighted by atomic mass is 10.2. The molecule has 2 rings (SSSR count). The Kier molecular flexibility index (Phi) is 2.91. The molecular formula is C11H15N2O3+. The zero-order valence-corrected chi connectivity index (χ0v) is 8.89. The largest absolute Gasteiger partial charge is 0.426 e. The number of hydrogen-bond donors (Lipinski definition) is 3. The fraction of sp³-hybridized carbons (Fsp3) is 0.364. The van der Waals surface area contributed by atoms with E-state index in [-0.39, 0.29) is 36.8 Å². The maximum Gasteiger partial charge on any atom is 0.426 e. The molecule has 0 aromatic heterocycles. The van der Waals surface area contributed by atoms with Crippen LogP contribution in [0.5, 0.6) is 0 Å². The zero-order chi connectivity index (χ0) is 11.6. The predicted molar refractivity (Wildman–Crippen MR) is 61.2 cm³/mol. The molecule has 0 saturated heterocycles. The molecule has 0 bridgehead atoms. The number of fused-ring (bicyclic) bond motifs is 1. The normalized spacial score (nSPS) is 17.0. The summed E-state index contributed by atoms with van der Waals surface area (Å²) in [6.07, 6.45) is 0. The summed E-state index contributed by atoms with van der Waals surface area (Å²) >= 11 is 0. The minimum Gasteiger partial charge on any atom is -0.390 e. The lowest BCUT2D eigenvalue weighted by Gasteiger charge is -2.28. The third kappa shape index (κ3) is 1.49. The monoisotopic (exact) mass is 223 g/mol. The SMILES string of the molecule is O=C1Nc2ccccc2[N+]1(CCO)CCO. The molecule has 0 aliphatic carbocycles. The van der Waals surface area contributed by atoms with Gasteiger partial charge < -0.3 is 10.2 Å². The van der Waals surface area contributed by atoms with E-state index in [0.29, 0.717) is 0 Å². The van der Waals surface area contributed by atoms with Crippen LogP contribution in [0.15, 0.2) is 24.3 Å². The molecule has 1 heterocycles. The summed E-state index contributed by atoms with van der Waals surface area (Å²) in [5.74, 6) is 0. The fourth-order valence-corrected chi connectivity index (χ4v) is 2.18. The van der Waals surface area contributed by atoms with Gasteiger partial charge in [0.25, 0.3) is 0 Å². The number of carbonyl (C=O) groups excluding carboxylic acids is 1. The number of benzene rings is 1. The van der Waals surface area contributed by atoms with Gasteiger partial charge in [-0.25, -0.2) is 9.28 Å². The number of aliphatic hydroxyl groups excluding tert-OH is 2. The number of urea groups is 1. The van der Waals surface area contributed by atoms with Crippen molar-refractivity contribution in [2.24, 2.45) is 0 Å². The highest BCUT2D eigenvalue weighted by Crippen LogP contribution is 2.37. The molecule has 1 aliphatic heterocycles.